The molecule has 1 heterocycles. The molecule has 1 aliphatic rings. The van der Waals surface area contributed by atoms with Gasteiger partial charge < -0.3 is 5.32 Å². The van der Waals surface area contributed by atoms with Gasteiger partial charge in [-0.3, -0.25) is 9.10 Å². The molecule has 148 valence electrons. The average Bonchev–Trinajstić information content (AvgIpc) is 2.68. The van der Waals surface area contributed by atoms with Crippen LogP contribution in [-0.4, -0.2) is 20.9 Å². The largest absolute Gasteiger partial charge is 0.324 e. The Morgan fingerprint density at radius 3 is 2.48 bits per heavy atom. The monoisotopic (exact) mass is 450 g/mol. The molecule has 1 N–H and O–H groups in total. The van der Waals surface area contributed by atoms with E-state index in [-0.39, 0.29) is 15.6 Å². The van der Waals surface area contributed by atoms with Gasteiger partial charge >= 0.3 is 0 Å². The molecule has 9 heteroatoms. The maximum atomic E-state index is 13.9. The lowest BCUT2D eigenvalue weighted by molar-refractivity contribution is -0.114. The van der Waals surface area contributed by atoms with Crippen molar-refractivity contribution >= 4 is 50.5 Å². The fraction of sp³-hybridized carbons (Fsp3) is 0.0500. The normalized spacial score (nSPS) is 14.1. The van der Waals surface area contributed by atoms with E-state index in [0.29, 0.717) is 21.8 Å². The summed E-state index contributed by atoms with van der Waals surface area (Å²) >= 11 is 11.8. The van der Waals surface area contributed by atoms with Crippen LogP contribution >= 0.6 is 23.2 Å². The molecular formula is C20H13Cl2FN2O3S. The van der Waals surface area contributed by atoms with Gasteiger partial charge in [-0.1, -0.05) is 41.4 Å². The number of carbonyl (C=O) groups is 1. The third-order valence-electron chi connectivity index (χ3n) is 4.46. The molecule has 3 aromatic rings. The number of hydrogen-bond acceptors (Lipinski definition) is 3. The van der Waals surface area contributed by atoms with Crippen molar-refractivity contribution in [2.45, 2.75) is 4.90 Å². The zero-order chi connectivity index (χ0) is 20.8. The van der Waals surface area contributed by atoms with E-state index >= 15 is 0 Å². The van der Waals surface area contributed by atoms with Crippen LogP contribution < -0.4 is 9.62 Å². The molecule has 0 fully saturated rings. The first-order valence-electron chi connectivity index (χ1n) is 8.44. The van der Waals surface area contributed by atoms with E-state index in [2.05, 4.69) is 5.32 Å². The second-order valence-electron chi connectivity index (χ2n) is 6.35. The fourth-order valence-corrected chi connectivity index (χ4v) is 5.13. The summed E-state index contributed by atoms with van der Waals surface area (Å²) in [7, 11) is -4.01. The Morgan fingerprint density at radius 2 is 1.72 bits per heavy atom. The Labute approximate surface area is 176 Å². The molecule has 0 saturated carbocycles. The van der Waals surface area contributed by atoms with E-state index in [4.69, 9.17) is 23.2 Å². The van der Waals surface area contributed by atoms with E-state index < -0.39 is 28.3 Å². The Bertz CT molecular complexity index is 1250. The van der Waals surface area contributed by atoms with Crippen molar-refractivity contribution in [2.75, 3.05) is 16.2 Å². The summed E-state index contributed by atoms with van der Waals surface area (Å²) in [6.45, 7) is -0.491. The topological polar surface area (TPSA) is 66.5 Å². The van der Waals surface area contributed by atoms with Gasteiger partial charge in [0.15, 0.2) is 0 Å². The zero-order valence-electron chi connectivity index (χ0n) is 14.7. The molecule has 0 spiro atoms. The molecule has 5 nitrogen and oxygen atoms in total. The standard InChI is InChI=1S/C20H13Cl2FN2O3S/c21-16-7-6-13(10-17(16)22)24-20(26)11-25-18-8-5-12(23)9-15(18)14-3-1-2-4-19(14)29(25,27)28/h1-10H,11H2,(H,24,26). The lowest BCUT2D eigenvalue weighted by atomic mass is 10.0. The van der Waals surface area contributed by atoms with Crippen molar-refractivity contribution in [3.05, 3.63) is 76.5 Å². The van der Waals surface area contributed by atoms with Crippen LogP contribution in [0.4, 0.5) is 15.8 Å². The third kappa shape index (κ3) is 3.57. The van der Waals surface area contributed by atoms with Crippen molar-refractivity contribution in [3.8, 4) is 11.1 Å². The minimum absolute atomic E-state index is 0.0143. The van der Waals surface area contributed by atoms with Crippen LogP contribution in [0.1, 0.15) is 0 Å². The number of nitrogens with one attached hydrogen (secondary N) is 1. The summed E-state index contributed by atoms with van der Waals surface area (Å²) in [5.41, 5.74) is 1.40. The van der Waals surface area contributed by atoms with Crippen molar-refractivity contribution in [3.63, 3.8) is 0 Å². The summed E-state index contributed by atoms with van der Waals surface area (Å²) in [5, 5.41) is 3.18. The molecule has 0 atom stereocenters. The number of nitrogens with zero attached hydrogens (tertiary/aromatic N) is 1. The molecule has 29 heavy (non-hydrogen) atoms. The molecule has 1 amide bonds. The molecule has 3 aromatic carbocycles. The first kappa shape index (κ1) is 19.7. The van der Waals surface area contributed by atoms with Gasteiger partial charge in [-0.25, -0.2) is 12.8 Å². The number of carbonyl (C=O) groups excluding carboxylic acids is 1. The van der Waals surface area contributed by atoms with Gasteiger partial charge in [0.1, 0.15) is 12.4 Å². The van der Waals surface area contributed by atoms with Crippen molar-refractivity contribution in [1.29, 1.82) is 0 Å². The maximum absolute atomic E-state index is 13.9. The number of fused-ring (bicyclic) bond motifs is 3. The highest BCUT2D eigenvalue weighted by Gasteiger charge is 2.36. The molecule has 0 unspecified atom stereocenters. The van der Waals surface area contributed by atoms with Crippen LogP contribution in [-0.2, 0) is 14.8 Å². The van der Waals surface area contributed by atoms with Crippen molar-refractivity contribution in [2.24, 2.45) is 0 Å². The van der Waals surface area contributed by atoms with E-state index in [9.17, 15) is 17.6 Å². The van der Waals surface area contributed by atoms with Crippen molar-refractivity contribution < 1.29 is 17.6 Å². The van der Waals surface area contributed by atoms with E-state index in [1.165, 1.54) is 30.3 Å². The number of hydrogen-bond donors (Lipinski definition) is 1. The van der Waals surface area contributed by atoms with Gasteiger partial charge in [0.05, 0.1) is 20.6 Å². The van der Waals surface area contributed by atoms with Gasteiger partial charge in [0.2, 0.25) is 5.91 Å². The van der Waals surface area contributed by atoms with Crippen molar-refractivity contribution in [1.82, 2.24) is 0 Å². The fourth-order valence-electron chi connectivity index (χ4n) is 3.18. The Kier molecular flexibility index (Phi) is 4.98. The molecule has 0 saturated heterocycles. The Balaban J connectivity index is 1.72. The number of sulfonamides is 1. The summed E-state index contributed by atoms with van der Waals surface area (Å²) in [4.78, 5) is 12.6. The van der Waals surface area contributed by atoms with Crippen LogP contribution in [0.5, 0.6) is 0 Å². The molecule has 4 rings (SSSR count). The number of anilines is 2. The van der Waals surface area contributed by atoms with Gasteiger partial charge in [0, 0.05) is 16.8 Å². The highest BCUT2D eigenvalue weighted by molar-refractivity contribution is 7.93. The molecule has 0 aliphatic carbocycles. The molecular weight excluding hydrogens is 438 g/mol. The highest BCUT2D eigenvalue weighted by Crippen LogP contribution is 2.43. The summed E-state index contributed by atoms with van der Waals surface area (Å²) in [6.07, 6.45) is 0. The van der Waals surface area contributed by atoms with E-state index in [1.807, 2.05) is 0 Å². The van der Waals surface area contributed by atoms with Gasteiger partial charge in [-0.15, -0.1) is 0 Å². The van der Waals surface area contributed by atoms with E-state index in [1.54, 1.807) is 24.3 Å². The van der Waals surface area contributed by atoms with Gasteiger partial charge in [-0.05, 0) is 42.5 Å². The third-order valence-corrected chi connectivity index (χ3v) is 7.02. The van der Waals surface area contributed by atoms with Gasteiger partial charge in [-0.2, -0.15) is 0 Å². The first-order chi connectivity index (χ1) is 13.8. The second kappa shape index (κ2) is 7.33. The van der Waals surface area contributed by atoms with Crippen LogP contribution in [0.3, 0.4) is 0 Å². The summed E-state index contributed by atoms with van der Waals surface area (Å²) < 4.78 is 41.1. The first-order valence-corrected chi connectivity index (χ1v) is 10.6. The van der Waals surface area contributed by atoms with Crippen LogP contribution in [0, 0.1) is 5.82 Å². The van der Waals surface area contributed by atoms with E-state index in [0.717, 1.165) is 10.4 Å². The second-order valence-corrected chi connectivity index (χ2v) is 8.99. The Hall–Kier alpha value is -2.61. The average molecular weight is 451 g/mol. The number of amides is 1. The molecule has 0 bridgehead atoms. The smallest absolute Gasteiger partial charge is 0.265 e. The molecule has 0 aromatic heterocycles. The zero-order valence-corrected chi connectivity index (χ0v) is 17.0. The number of rotatable bonds is 3. The van der Waals surface area contributed by atoms with Crippen LogP contribution in [0.2, 0.25) is 10.0 Å². The van der Waals surface area contributed by atoms with Gasteiger partial charge in [0.25, 0.3) is 10.0 Å². The molecule has 0 radical (unpaired) electrons. The number of halogens is 3. The van der Waals surface area contributed by atoms with Crippen LogP contribution in [0.25, 0.3) is 11.1 Å². The Morgan fingerprint density at radius 1 is 0.966 bits per heavy atom. The SMILES string of the molecule is O=C(CN1c2ccc(F)cc2-c2ccccc2S1(=O)=O)Nc1ccc(Cl)c(Cl)c1. The summed E-state index contributed by atoms with van der Waals surface area (Å²) in [5.74, 6) is -1.08. The summed E-state index contributed by atoms with van der Waals surface area (Å²) in [6, 6.07) is 14.6. The number of benzene rings is 3. The van der Waals surface area contributed by atoms with Crippen LogP contribution in [0.15, 0.2) is 65.6 Å². The minimum atomic E-state index is -4.01. The predicted molar refractivity (Wildman–Crippen MR) is 111 cm³/mol. The lowest BCUT2D eigenvalue weighted by Gasteiger charge is -2.31. The predicted octanol–water partition coefficient (Wildman–Crippen LogP) is 4.95. The lowest BCUT2D eigenvalue weighted by Crippen LogP contribution is -2.40. The minimum Gasteiger partial charge on any atom is -0.324 e. The highest BCUT2D eigenvalue weighted by atomic mass is 35.5. The maximum Gasteiger partial charge on any atom is 0.265 e. The molecule has 1 aliphatic heterocycles. The quantitative estimate of drug-likeness (QED) is 0.613.